The lowest BCUT2D eigenvalue weighted by Gasteiger charge is -2.11. The third-order valence-electron chi connectivity index (χ3n) is 1.04. The van der Waals surface area contributed by atoms with E-state index in [1.165, 1.54) is 0 Å². The molecular weight excluding hydrogens is 181 g/mol. The fourth-order valence-corrected chi connectivity index (χ4v) is 0.583. The summed E-state index contributed by atoms with van der Waals surface area (Å²) in [5.74, 6) is 0. The monoisotopic (exact) mass is 186 g/mol. The predicted molar refractivity (Wildman–Crippen MR) is 28.2 cm³/mol. The molecule has 1 aliphatic rings. The van der Waals surface area contributed by atoms with Gasteiger partial charge >= 0.3 is 6.16 Å². The molecule has 4 nitrogen and oxygen atoms in total. The minimum atomic E-state index is -3.26. The summed E-state index contributed by atoms with van der Waals surface area (Å²) in [5, 5.41) is 0. The van der Waals surface area contributed by atoms with Gasteiger partial charge in [-0.15, -0.1) is 0 Å². The Labute approximate surface area is 65.2 Å². The molecule has 0 aliphatic carbocycles. The SMILES string of the molecule is O=C1OCC(OC(F)C(F)F)O1. The maximum Gasteiger partial charge on any atom is 0.510 e. The highest BCUT2D eigenvalue weighted by atomic mass is 19.3. The van der Waals surface area contributed by atoms with Gasteiger partial charge in [0.05, 0.1) is 0 Å². The van der Waals surface area contributed by atoms with Crippen LogP contribution < -0.4 is 0 Å². The maximum atomic E-state index is 12.1. The quantitative estimate of drug-likeness (QED) is 0.618. The van der Waals surface area contributed by atoms with Crippen LogP contribution in [0.4, 0.5) is 18.0 Å². The van der Waals surface area contributed by atoms with Crippen molar-refractivity contribution in [3.05, 3.63) is 0 Å². The van der Waals surface area contributed by atoms with E-state index in [0.29, 0.717) is 0 Å². The zero-order valence-corrected chi connectivity index (χ0v) is 5.71. The van der Waals surface area contributed by atoms with E-state index < -0.39 is 25.2 Å². The number of rotatable bonds is 3. The fraction of sp³-hybridized carbons (Fsp3) is 0.800. The first-order chi connectivity index (χ1) is 5.59. The lowest BCUT2D eigenvalue weighted by atomic mass is 10.6. The molecule has 1 rings (SSSR count). The molecule has 0 bridgehead atoms. The topological polar surface area (TPSA) is 44.8 Å². The van der Waals surface area contributed by atoms with Gasteiger partial charge in [0.25, 0.3) is 12.8 Å². The lowest BCUT2D eigenvalue weighted by Crippen LogP contribution is -2.25. The molecule has 1 fully saturated rings. The Balaban J connectivity index is 2.27. The van der Waals surface area contributed by atoms with Gasteiger partial charge in [-0.25, -0.2) is 18.0 Å². The first kappa shape index (κ1) is 9.11. The number of cyclic esters (lactones) is 2. The van der Waals surface area contributed by atoms with E-state index in [0.717, 1.165) is 0 Å². The highest BCUT2D eigenvalue weighted by molar-refractivity contribution is 5.61. The molecule has 0 saturated carbocycles. The standard InChI is InChI=1S/C5H5F3O4/c6-3(7)4(8)11-2-1-10-5(9)12-2/h2-4H,1H2. The van der Waals surface area contributed by atoms with E-state index in [2.05, 4.69) is 14.2 Å². The maximum absolute atomic E-state index is 12.1. The molecule has 0 amide bonds. The summed E-state index contributed by atoms with van der Waals surface area (Å²) in [6.45, 7) is -0.369. The van der Waals surface area contributed by atoms with Crippen LogP contribution in [0.3, 0.4) is 0 Å². The van der Waals surface area contributed by atoms with Gasteiger partial charge in [0.1, 0.15) is 0 Å². The number of alkyl halides is 3. The molecule has 0 radical (unpaired) electrons. The average Bonchev–Trinajstić information content (AvgIpc) is 2.35. The van der Waals surface area contributed by atoms with Crippen molar-refractivity contribution in [2.45, 2.75) is 19.1 Å². The smallest absolute Gasteiger partial charge is 0.428 e. The molecule has 0 aromatic rings. The number of ether oxygens (including phenoxy) is 3. The molecule has 1 saturated heterocycles. The van der Waals surface area contributed by atoms with E-state index in [1.54, 1.807) is 0 Å². The van der Waals surface area contributed by atoms with Gasteiger partial charge in [0, 0.05) is 0 Å². The second-order valence-corrected chi connectivity index (χ2v) is 1.93. The van der Waals surface area contributed by atoms with Crippen molar-refractivity contribution in [3.8, 4) is 0 Å². The van der Waals surface area contributed by atoms with Crippen LogP contribution in [0.2, 0.25) is 0 Å². The number of carbonyl (C=O) groups is 1. The summed E-state index contributed by atoms with van der Waals surface area (Å²) in [7, 11) is 0. The number of hydrogen-bond donors (Lipinski definition) is 0. The van der Waals surface area contributed by atoms with Crippen LogP contribution in [-0.4, -0.2) is 31.8 Å². The van der Waals surface area contributed by atoms with Crippen LogP contribution in [0, 0.1) is 0 Å². The Kier molecular flexibility index (Phi) is 2.74. The Morgan fingerprint density at radius 2 is 2.17 bits per heavy atom. The van der Waals surface area contributed by atoms with E-state index in [4.69, 9.17) is 0 Å². The van der Waals surface area contributed by atoms with E-state index >= 15 is 0 Å². The van der Waals surface area contributed by atoms with Gasteiger partial charge < -0.3 is 9.47 Å². The van der Waals surface area contributed by atoms with Crippen LogP contribution in [0.15, 0.2) is 0 Å². The molecule has 1 heterocycles. The molecule has 0 spiro atoms. The minimum absolute atomic E-state index is 0.369. The molecule has 0 aromatic carbocycles. The van der Waals surface area contributed by atoms with E-state index in [1.807, 2.05) is 0 Å². The Bertz CT molecular complexity index is 174. The van der Waals surface area contributed by atoms with Crippen molar-refractivity contribution in [2.75, 3.05) is 6.61 Å². The minimum Gasteiger partial charge on any atom is -0.428 e. The molecule has 12 heavy (non-hydrogen) atoms. The van der Waals surface area contributed by atoms with Crippen LogP contribution in [0.25, 0.3) is 0 Å². The molecule has 70 valence electrons. The van der Waals surface area contributed by atoms with Gasteiger partial charge in [-0.1, -0.05) is 0 Å². The van der Waals surface area contributed by atoms with Crippen molar-refractivity contribution in [1.29, 1.82) is 0 Å². The van der Waals surface area contributed by atoms with Crippen molar-refractivity contribution < 1.29 is 32.2 Å². The van der Waals surface area contributed by atoms with Gasteiger partial charge in [-0.3, -0.25) is 4.74 Å². The number of carbonyl (C=O) groups excluding carboxylic acids is 1. The zero-order chi connectivity index (χ0) is 9.14. The van der Waals surface area contributed by atoms with E-state index in [-0.39, 0.29) is 6.61 Å². The second-order valence-electron chi connectivity index (χ2n) is 1.93. The van der Waals surface area contributed by atoms with Crippen molar-refractivity contribution in [3.63, 3.8) is 0 Å². The normalized spacial score (nSPS) is 25.3. The Hall–Kier alpha value is -0.980. The lowest BCUT2D eigenvalue weighted by molar-refractivity contribution is -0.205. The Morgan fingerprint density at radius 3 is 2.58 bits per heavy atom. The van der Waals surface area contributed by atoms with Crippen molar-refractivity contribution in [2.24, 2.45) is 0 Å². The molecule has 0 N–H and O–H groups in total. The van der Waals surface area contributed by atoms with Crippen LogP contribution in [0.1, 0.15) is 0 Å². The molecule has 2 atom stereocenters. The largest absolute Gasteiger partial charge is 0.510 e. The average molecular weight is 186 g/mol. The van der Waals surface area contributed by atoms with Crippen LogP contribution in [0.5, 0.6) is 0 Å². The Morgan fingerprint density at radius 1 is 1.50 bits per heavy atom. The van der Waals surface area contributed by atoms with Gasteiger partial charge in [0.15, 0.2) is 6.61 Å². The summed E-state index contributed by atoms with van der Waals surface area (Å²) >= 11 is 0. The van der Waals surface area contributed by atoms with Gasteiger partial charge in [-0.2, -0.15) is 0 Å². The number of hydrogen-bond acceptors (Lipinski definition) is 4. The van der Waals surface area contributed by atoms with E-state index in [9.17, 15) is 18.0 Å². The molecule has 2 unspecified atom stereocenters. The molecular formula is C5H5F3O4. The second kappa shape index (κ2) is 3.61. The summed E-state index contributed by atoms with van der Waals surface area (Å²) in [6.07, 6.45) is -8.45. The third-order valence-corrected chi connectivity index (χ3v) is 1.04. The number of halogens is 3. The highest BCUT2D eigenvalue weighted by Gasteiger charge is 2.31. The first-order valence-electron chi connectivity index (χ1n) is 3.00. The summed E-state index contributed by atoms with van der Waals surface area (Å²) in [6, 6.07) is 0. The van der Waals surface area contributed by atoms with Crippen LogP contribution in [-0.2, 0) is 14.2 Å². The summed E-state index contributed by atoms with van der Waals surface area (Å²) < 4.78 is 47.3. The van der Waals surface area contributed by atoms with Crippen molar-refractivity contribution >= 4 is 6.16 Å². The zero-order valence-electron chi connectivity index (χ0n) is 5.71. The molecule has 0 aromatic heterocycles. The first-order valence-corrected chi connectivity index (χ1v) is 3.00. The van der Waals surface area contributed by atoms with Crippen molar-refractivity contribution in [1.82, 2.24) is 0 Å². The predicted octanol–water partition coefficient (Wildman–Crippen LogP) is 1.06. The van der Waals surface area contributed by atoms with Gasteiger partial charge in [-0.05, 0) is 0 Å². The summed E-state index contributed by atoms with van der Waals surface area (Å²) in [5.41, 5.74) is 0. The summed E-state index contributed by atoms with van der Waals surface area (Å²) in [4.78, 5) is 10.2. The third kappa shape index (κ3) is 2.26. The molecule has 7 heteroatoms. The van der Waals surface area contributed by atoms with Gasteiger partial charge in [0.2, 0.25) is 6.29 Å². The fourth-order valence-electron chi connectivity index (χ4n) is 0.583. The highest BCUT2D eigenvalue weighted by Crippen LogP contribution is 2.14. The molecule has 1 aliphatic heterocycles. The van der Waals surface area contributed by atoms with Crippen LogP contribution >= 0.6 is 0 Å².